The molecule has 4 rings (SSSR count). The zero-order chi connectivity index (χ0) is 42.6. The van der Waals surface area contributed by atoms with E-state index in [1.165, 1.54) is 11.1 Å². The first-order valence-electron chi connectivity index (χ1n) is 20.5. The first kappa shape index (κ1) is 60.0. The van der Waals surface area contributed by atoms with Gasteiger partial charge in [0.1, 0.15) is 0 Å². The Kier molecular flexibility index (Phi) is 32.4. The second kappa shape index (κ2) is 33.5. The minimum absolute atomic E-state index is 0. The molecule has 0 amide bonds. The summed E-state index contributed by atoms with van der Waals surface area (Å²) in [7, 11) is 2.95. The van der Waals surface area contributed by atoms with Crippen LogP contribution >= 0.6 is 29.0 Å². The molecular formula is C44H60ClN4Na3O8P2. The Balaban J connectivity index is 0.00000641. The van der Waals surface area contributed by atoms with Crippen molar-refractivity contribution in [2.75, 3.05) is 72.0 Å². The van der Waals surface area contributed by atoms with Gasteiger partial charge in [0.15, 0.2) is 0 Å². The maximum Gasteiger partial charge on any atom is 1.00 e. The maximum absolute atomic E-state index is 11.7. The van der Waals surface area contributed by atoms with Gasteiger partial charge in [0.05, 0.1) is 30.6 Å². The third-order valence-electron chi connectivity index (χ3n) is 11.2. The van der Waals surface area contributed by atoms with E-state index in [2.05, 4.69) is 81.4 Å². The van der Waals surface area contributed by atoms with Crippen LogP contribution < -0.4 is 104 Å². The van der Waals surface area contributed by atoms with E-state index >= 15 is 0 Å². The van der Waals surface area contributed by atoms with Gasteiger partial charge in [-0.25, -0.2) is 0 Å². The van der Waals surface area contributed by atoms with Crippen molar-refractivity contribution in [2.24, 2.45) is 0 Å². The number of carboxylic acids is 3. The van der Waals surface area contributed by atoms with Gasteiger partial charge in [0.2, 0.25) is 0 Å². The molecule has 0 aromatic heterocycles. The molecule has 0 radical (unpaired) electrons. The van der Waals surface area contributed by atoms with Crippen LogP contribution in [0.5, 0.6) is 0 Å². The molecule has 12 nitrogen and oxygen atoms in total. The van der Waals surface area contributed by atoms with Crippen LogP contribution in [0.25, 0.3) is 0 Å². The number of hydrogen-bond donors (Lipinski definition) is 1. The van der Waals surface area contributed by atoms with Crippen molar-refractivity contribution in [3.05, 3.63) is 106 Å². The van der Waals surface area contributed by atoms with Crippen molar-refractivity contribution in [3.63, 3.8) is 0 Å². The fourth-order valence-electron chi connectivity index (χ4n) is 7.94. The predicted octanol–water partition coefficient (Wildman–Crippen LogP) is -6.12. The molecule has 0 saturated carbocycles. The minimum atomic E-state index is -1.22. The zero-order valence-corrected chi connectivity index (χ0v) is 46.1. The van der Waals surface area contributed by atoms with Crippen LogP contribution in [-0.4, -0.2) is 115 Å². The van der Waals surface area contributed by atoms with Gasteiger partial charge in [-0.1, -0.05) is 88.6 Å². The molecule has 1 heterocycles. The Hall–Kier alpha value is -0.0200. The Morgan fingerprint density at radius 2 is 1.03 bits per heavy atom. The van der Waals surface area contributed by atoms with E-state index in [0.29, 0.717) is 77.6 Å². The van der Waals surface area contributed by atoms with Crippen LogP contribution in [-0.2, 0) is 37.9 Å². The van der Waals surface area contributed by atoms with Crippen molar-refractivity contribution < 1.29 is 128 Å². The molecule has 0 aliphatic carbocycles. The first-order chi connectivity index (χ1) is 28.5. The van der Waals surface area contributed by atoms with E-state index in [4.69, 9.17) is 16.1 Å². The molecule has 1 N–H and O–H groups in total. The summed E-state index contributed by atoms with van der Waals surface area (Å²) in [6.45, 7) is 5.81. The maximum atomic E-state index is 11.7. The van der Waals surface area contributed by atoms with Gasteiger partial charge in [0, 0.05) is 66.7 Å². The molecular weight excluding hydrogens is 879 g/mol. The monoisotopic (exact) mass is 938 g/mol. The largest absolute Gasteiger partial charge is 1.00 e. The summed E-state index contributed by atoms with van der Waals surface area (Å²) < 4.78 is 6.35. The summed E-state index contributed by atoms with van der Waals surface area (Å²) >= 11 is 6.09. The topological polar surface area (TPSA) is 163 Å². The van der Waals surface area contributed by atoms with E-state index in [1.807, 2.05) is 17.0 Å². The number of nitrogens with zero attached hydrogens (tertiary/aromatic N) is 4. The number of benzene rings is 3. The molecule has 3 aromatic carbocycles. The van der Waals surface area contributed by atoms with Crippen LogP contribution in [0.3, 0.4) is 0 Å². The second-order valence-electron chi connectivity index (χ2n) is 15.4. The molecule has 1 saturated heterocycles. The Morgan fingerprint density at radius 3 is 1.45 bits per heavy atom. The number of rotatable bonds is 20. The van der Waals surface area contributed by atoms with Gasteiger partial charge < -0.3 is 39.3 Å². The summed E-state index contributed by atoms with van der Waals surface area (Å²) in [4.78, 5) is 42.2. The SMILES string of the molecule is CCC(CC(CC(OPP)c1ccc(CCl)cc1)c1ccc(CO)cc1)c1ccc(CN2CCCN(CC(=O)[O-])CCN(CC(=O)[O-])CCCN(CC(=O)[O-])CC2)cc1.[Na+].[Na+].[Na+]. The molecule has 3 aromatic rings. The standard InChI is InChI=1S/C44H63ClN4O8P2.3Na/c1-2-36(25-40(38-13-9-35(32-50)10-14-38)26-41(57-59-58)39-15-5-33(27-45)6-16-39)37-11-7-34(8-12-37)28-46-17-3-18-48(30-43(53)54)23-24-49(31-44(55)56)20-4-19-47(22-21-46)29-42(51)52;;;/h5-16,36,40-41,50,59H,2-4,17-32,58H2,1H3,(H,51,52)(H,53,54)(H,55,56);;;/q;3*+1/p-3. The average molecular weight is 939 g/mol. The van der Waals surface area contributed by atoms with Crippen LogP contribution in [0.2, 0.25) is 0 Å². The van der Waals surface area contributed by atoms with E-state index < -0.39 is 17.9 Å². The molecule has 0 spiro atoms. The third-order valence-corrected chi connectivity index (χ3v) is 12.3. The number of aliphatic hydroxyl groups excluding tert-OH is 1. The number of aliphatic carboxylic acids is 3. The van der Waals surface area contributed by atoms with E-state index in [1.54, 1.807) is 9.80 Å². The van der Waals surface area contributed by atoms with Gasteiger partial charge in [0.25, 0.3) is 0 Å². The van der Waals surface area contributed by atoms with Crippen LogP contribution in [0, 0.1) is 0 Å². The molecule has 5 atom stereocenters. The summed E-state index contributed by atoms with van der Waals surface area (Å²) in [6.07, 6.45) is 3.72. The molecule has 1 aliphatic heterocycles. The number of carbonyl (C=O) groups excluding carboxylic acids is 3. The van der Waals surface area contributed by atoms with Crippen molar-refractivity contribution >= 4 is 46.9 Å². The Labute approximate surface area is 444 Å². The quantitative estimate of drug-likeness (QED) is 0.0650. The van der Waals surface area contributed by atoms with Crippen molar-refractivity contribution in [2.45, 2.75) is 76.0 Å². The molecule has 18 heteroatoms. The van der Waals surface area contributed by atoms with Crippen molar-refractivity contribution in [3.8, 4) is 0 Å². The molecule has 1 fully saturated rings. The van der Waals surface area contributed by atoms with E-state index in [0.717, 1.165) is 41.5 Å². The van der Waals surface area contributed by atoms with Crippen molar-refractivity contribution in [1.82, 2.24) is 19.6 Å². The van der Waals surface area contributed by atoms with Gasteiger partial charge in [-0.3, -0.25) is 19.6 Å². The number of halogens is 1. The van der Waals surface area contributed by atoms with Crippen LogP contribution in [0.15, 0.2) is 72.8 Å². The minimum Gasteiger partial charge on any atom is -0.549 e. The number of alkyl halides is 1. The van der Waals surface area contributed by atoms with Crippen LogP contribution in [0.4, 0.5) is 0 Å². The van der Waals surface area contributed by atoms with Gasteiger partial charge in [-0.05, 0) is 103 Å². The normalized spacial score (nSPS) is 16.8. The van der Waals surface area contributed by atoms with E-state index in [9.17, 15) is 34.8 Å². The van der Waals surface area contributed by atoms with Gasteiger partial charge >= 0.3 is 88.7 Å². The Morgan fingerprint density at radius 1 is 0.629 bits per heavy atom. The molecule has 62 heavy (non-hydrogen) atoms. The second-order valence-corrected chi connectivity index (χ2v) is 16.9. The number of carboxylic acid groups (broad SMARTS) is 3. The summed E-state index contributed by atoms with van der Waals surface area (Å²) in [5.74, 6) is -2.66. The van der Waals surface area contributed by atoms with Gasteiger partial charge in [-0.2, -0.15) is 0 Å². The Bertz CT molecular complexity index is 1720. The third kappa shape index (κ3) is 22.2. The first-order valence-corrected chi connectivity index (χ1v) is 23.8. The predicted molar refractivity (Wildman–Crippen MR) is 231 cm³/mol. The fraction of sp³-hybridized carbons (Fsp3) is 0.523. The molecule has 5 unspecified atom stereocenters. The number of carbonyl (C=O) groups is 3. The molecule has 1 aliphatic rings. The smallest absolute Gasteiger partial charge is 0.549 e. The number of aliphatic hydroxyl groups is 1. The van der Waals surface area contributed by atoms with Crippen molar-refractivity contribution in [1.29, 1.82) is 0 Å². The molecule has 0 bridgehead atoms. The number of hydrogen-bond acceptors (Lipinski definition) is 12. The zero-order valence-electron chi connectivity index (χ0n) is 37.1. The average Bonchev–Trinajstić information content (AvgIpc) is 3.22. The molecule has 324 valence electrons. The fourth-order valence-corrected chi connectivity index (χ4v) is 9.01. The van der Waals surface area contributed by atoms with Gasteiger partial charge in [-0.15, -0.1) is 11.6 Å². The van der Waals surface area contributed by atoms with Crippen LogP contribution in [0.1, 0.15) is 90.3 Å². The summed E-state index contributed by atoms with van der Waals surface area (Å²) in [6, 6.07) is 25.3. The van der Waals surface area contributed by atoms with E-state index in [-0.39, 0.29) is 141 Å². The summed E-state index contributed by atoms with van der Waals surface area (Å²) in [5.41, 5.74) is 6.62. The summed E-state index contributed by atoms with van der Waals surface area (Å²) in [5, 5.41) is 44.4.